The molecular weight excluding hydrogens is 489 g/mol. The molecule has 0 aliphatic carbocycles. The van der Waals surface area contributed by atoms with Gasteiger partial charge in [-0.2, -0.15) is 5.10 Å². The molecule has 0 saturated carbocycles. The average molecular weight is 518 g/mol. The van der Waals surface area contributed by atoms with Crippen LogP contribution in [-0.2, 0) is 11.2 Å². The van der Waals surface area contributed by atoms with Gasteiger partial charge >= 0.3 is 0 Å². The molecule has 3 aromatic carbocycles. The van der Waals surface area contributed by atoms with Crippen molar-refractivity contribution < 1.29 is 9.18 Å². The number of carbonyl (C=O) groups is 1. The summed E-state index contributed by atoms with van der Waals surface area (Å²) in [6.07, 6.45) is 5.47. The van der Waals surface area contributed by atoms with Crippen LogP contribution < -0.4 is 5.32 Å². The van der Waals surface area contributed by atoms with Gasteiger partial charge in [-0.25, -0.2) is 4.39 Å². The number of amides is 1. The highest BCUT2D eigenvalue weighted by Gasteiger charge is 2.28. The van der Waals surface area contributed by atoms with Crippen LogP contribution in [0.1, 0.15) is 37.9 Å². The fraction of sp³-hybridized carbons (Fsp3) is 0.188. The smallest absolute Gasteiger partial charge is 0.224 e. The molecule has 5 aromatic rings. The summed E-state index contributed by atoms with van der Waals surface area (Å²) in [5, 5.41) is 11.7. The standard InChI is InChI=1S/C32H28FN5O/c1-3-19-15-25-23(24-8-5-6-10-27(24)33)9-7-11-28(25)36-31(19)32-26-16-20(12-13-29(26)37-38-32)21-14-22(18-34-17-21)35-30(39)4-2/h5-14,16-19H,3-4,15H2,1-2H3,(H,35,39)(H,37,38). The molecule has 1 unspecified atom stereocenters. The molecule has 6 rings (SSSR count). The SMILES string of the molecule is CCC(=O)Nc1cncc(-c2ccc3[nH]nc(C4=Nc5cccc(-c6ccccc6F)c5CC4CC)c3c2)c1. The highest BCUT2D eigenvalue weighted by Crippen LogP contribution is 2.40. The molecule has 194 valence electrons. The Morgan fingerprint density at radius 2 is 1.85 bits per heavy atom. The average Bonchev–Trinajstić information content (AvgIpc) is 3.39. The summed E-state index contributed by atoms with van der Waals surface area (Å²) >= 11 is 0. The highest BCUT2D eigenvalue weighted by atomic mass is 19.1. The normalized spacial score (nSPS) is 14.6. The number of H-pyrrole nitrogens is 1. The Bertz CT molecular complexity index is 1740. The van der Waals surface area contributed by atoms with Crippen LogP contribution in [0, 0.1) is 11.7 Å². The van der Waals surface area contributed by atoms with Crippen molar-refractivity contribution >= 4 is 33.9 Å². The Kier molecular flexibility index (Phi) is 6.49. The summed E-state index contributed by atoms with van der Waals surface area (Å²) in [5.41, 5.74) is 8.62. The van der Waals surface area contributed by atoms with Gasteiger partial charge in [0.05, 0.1) is 28.8 Å². The molecule has 7 heteroatoms. The van der Waals surface area contributed by atoms with Gasteiger partial charge in [0, 0.05) is 35.0 Å². The molecule has 3 heterocycles. The lowest BCUT2D eigenvalue weighted by Crippen LogP contribution is -2.22. The van der Waals surface area contributed by atoms with Gasteiger partial charge < -0.3 is 5.32 Å². The first kappa shape index (κ1) is 24.7. The van der Waals surface area contributed by atoms with Gasteiger partial charge in [-0.05, 0) is 59.9 Å². The number of halogens is 1. The topological polar surface area (TPSA) is 83.0 Å². The van der Waals surface area contributed by atoms with Crippen LogP contribution in [0.15, 0.2) is 84.1 Å². The van der Waals surface area contributed by atoms with Crippen molar-refractivity contribution in [1.29, 1.82) is 0 Å². The third kappa shape index (κ3) is 4.61. The maximum absolute atomic E-state index is 14.7. The van der Waals surface area contributed by atoms with E-state index in [9.17, 15) is 9.18 Å². The predicted octanol–water partition coefficient (Wildman–Crippen LogP) is 7.48. The molecule has 2 N–H and O–H groups in total. The van der Waals surface area contributed by atoms with Crippen LogP contribution in [0.5, 0.6) is 0 Å². The van der Waals surface area contributed by atoms with Crippen molar-refractivity contribution in [3.63, 3.8) is 0 Å². The van der Waals surface area contributed by atoms with Crippen LogP contribution in [0.3, 0.4) is 0 Å². The maximum Gasteiger partial charge on any atom is 0.224 e. The lowest BCUT2D eigenvalue weighted by atomic mass is 9.83. The molecule has 6 nitrogen and oxygen atoms in total. The lowest BCUT2D eigenvalue weighted by Gasteiger charge is -2.25. The molecule has 1 atom stereocenters. The van der Waals surface area contributed by atoms with Gasteiger partial charge in [-0.3, -0.25) is 19.9 Å². The number of rotatable bonds is 6. The van der Waals surface area contributed by atoms with E-state index in [4.69, 9.17) is 10.1 Å². The number of aromatic amines is 1. The van der Waals surface area contributed by atoms with E-state index in [-0.39, 0.29) is 17.6 Å². The maximum atomic E-state index is 14.7. The van der Waals surface area contributed by atoms with E-state index < -0.39 is 0 Å². The Balaban J connectivity index is 1.43. The number of fused-ring (bicyclic) bond motifs is 2. The Morgan fingerprint density at radius 3 is 2.67 bits per heavy atom. The highest BCUT2D eigenvalue weighted by molar-refractivity contribution is 6.12. The summed E-state index contributed by atoms with van der Waals surface area (Å²) in [5.74, 6) is -0.150. The molecule has 2 aromatic heterocycles. The second-order valence-electron chi connectivity index (χ2n) is 9.79. The number of hydrogen-bond acceptors (Lipinski definition) is 4. The molecule has 0 spiro atoms. The number of carbonyl (C=O) groups excluding carboxylic acids is 1. The van der Waals surface area contributed by atoms with Crippen LogP contribution >= 0.6 is 0 Å². The number of pyridine rings is 1. The largest absolute Gasteiger partial charge is 0.325 e. The van der Waals surface area contributed by atoms with Gasteiger partial charge in [-0.1, -0.05) is 50.2 Å². The van der Waals surface area contributed by atoms with E-state index in [1.165, 1.54) is 6.07 Å². The Morgan fingerprint density at radius 1 is 1.00 bits per heavy atom. The second-order valence-corrected chi connectivity index (χ2v) is 9.79. The minimum atomic E-state index is -0.229. The third-order valence-electron chi connectivity index (χ3n) is 7.37. The van der Waals surface area contributed by atoms with Crippen LogP contribution in [0.25, 0.3) is 33.2 Å². The van der Waals surface area contributed by atoms with Crippen molar-refractivity contribution in [2.45, 2.75) is 33.1 Å². The zero-order valence-electron chi connectivity index (χ0n) is 21.8. The summed E-state index contributed by atoms with van der Waals surface area (Å²) in [6, 6.07) is 20.9. The molecule has 1 aliphatic heterocycles. The summed E-state index contributed by atoms with van der Waals surface area (Å²) in [7, 11) is 0. The van der Waals surface area contributed by atoms with Crippen molar-refractivity contribution in [3.05, 3.63) is 96.2 Å². The van der Waals surface area contributed by atoms with E-state index in [1.807, 2.05) is 55.5 Å². The van der Waals surface area contributed by atoms with Crippen LogP contribution in [-0.4, -0.2) is 26.8 Å². The third-order valence-corrected chi connectivity index (χ3v) is 7.37. The van der Waals surface area contributed by atoms with Crippen molar-refractivity contribution in [1.82, 2.24) is 15.2 Å². The minimum Gasteiger partial charge on any atom is -0.325 e. The Hall–Kier alpha value is -4.65. The fourth-order valence-corrected chi connectivity index (χ4v) is 5.28. The van der Waals surface area contributed by atoms with E-state index in [2.05, 4.69) is 28.4 Å². The molecule has 1 aliphatic rings. The fourth-order valence-electron chi connectivity index (χ4n) is 5.28. The minimum absolute atomic E-state index is 0.0547. The number of benzene rings is 3. The number of aromatic nitrogens is 3. The van der Waals surface area contributed by atoms with Gasteiger partial charge in [0.2, 0.25) is 5.91 Å². The van der Waals surface area contributed by atoms with E-state index >= 15 is 0 Å². The summed E-state index contributed by atoms with van der Waals surface area (Å²) in [4.78, 5) is 21.3. The second kappa shape index (κ2) is 10.3. The van der Waals surface area contributed by atoms with Crippen LogP contribution in [0.2, 0.25) is 0 Å². The van der Waals surface area contributed by atoms with Crippen molar-refractivity contribution in [2.24, 2.45) is 10.9 Å². The molecule has 0 radical (unpaired) electrons. The van der Waals surface area contributed by atoms with E-state index in [0.717, 1.165) is 63.1 Å². The van der Waals surface area contributed by atoms with Gasteiger partial charge in [-0.15, -0.1) is 0 Å². The molecule has 39 heavy (non-hydrogen) atoms. The summed E-state index contributed by atoms with van der Waals surface area (Å²) < 4.78 is 14.7. The number of hydrogen-bond donors (Lipinski definition) is 2. The van der Waals surface area contributed by atoms with Crippen molar-refractivity contribution in [3.8, 4) is 22.3 Å². The predicted molar refractivity (Wildman–Crippen MR) is 154 cm³/mol. The van der Waals surface area contributed by atoms with Gasteiger partial charge in [0.1, 0.15) is 11.5 Å². The molecule has 0 fully saturated rings. The number of anilines is 1. The number of nitrogens with one attached hydrogen (secondary N) is 2. The quantitative estimate of drug-likeness (QED) is 0.245. The zero-order valence-corrected chi connectivity index (χ0v) is 21.8. The lowest BCUT2D eigenvalue weighted by molar-refractivity contribution is -0.115. The molecule has 0 saturated heterocycles. The summed E-state index contributed by atoms with van der Waals surface area (Å²) in [6.45, 7) is 3.97. The van der Waals surface area contributed by atoms with Crippen LogP contribution in [0.4, 0.5) is 15.8 Å². The number of nitrogens with zero attached hydrogens (tertiary/aromatic N) is 3. The monoisotopic (exact) mass is 517 g/mol. The molecule has 1 amide bonds. The molecular formula is C32H28FN5O. The van der Waals surface area contributed by atoms with Gasteiger partial charge in [0.25, 0.3) is 0 Å². The number of aliphatic imine (C=N–C) groups is 1. The van der Waals surface area contributed by atoms with Crippen molar-refractivity contribution in [2.75, 3.05) is 5.32 Å². The first-order valence-corrected chi connectivity index (χ1v) is 13.2. The van der Waals surface area contributed by atoms with E-state index in [0.29, 0.717) is 17.7 Å². The van der Waals surface area contributed by atoms with Gasteiger partial charge in [0.15, 0.2) is 0 Å². The zero-order chi connectivity index (χ0) is 26.9. The first-order valence-electron chi connectivity index (χ1n) is 13.2. The Labute approximate surface area is 226 Å². The first-order chi connectivity index (χ1) is 19.1. The molecule has 0 bridgehead atoms. The van der Waals surface area contributed by atoms with E-state index in [1.54, 1.807) is 18.5 Å².